The van der Waals surface area contributed by atoms with E-state index in [9.17, 15) is 4.79 Å². The topological polar surface area (TPSA) is 40.6 Å². The van der Waals surface area contributed by atoms with E-state index in [1.807, 2.05) is 157 Å². The smallest absolute Gasteiger partial charge is 0.269 e. The summed E-state index contributed by atoms with van der Waals surface area (Å²) in [4.78, 5) is 15.0. The molecule has 5 aromatic rings. The zero-order valence-corrected chi connectivity index (χ0v) is 25.1. The van der Waals surface area contributed by atoms with Crippen molar-refractivity contribution in [2.45, 2.75) is 6.92 Å². The van der Waals surface area contributed by atoms with Crippen LogP contribution in [0.15, 0.2) is 157 Å². The fraction of sp³-hybridized carbons (Fsp3) is 0.0294. The predicted octanol–water partition coefficient (Wildman–Crippen LogP) is 7.34. The molecule has 1 aliphatic rings. The molecular weight excluding hydrogens is 562 g/mol. The summed E-state index contributed by atoms with van der Waals surface area (Å²) >= 11 is 6.65. The molecule has 0 N–H and O–H groups in total. The van der Waals surface area contributed by atoms with Gasteiger partial charge in [0.1, 0.15) is 5.31 Å². The molecular formula is C34H28N2O2P2S. The van der Waals surface area contributed by atoms with Gasteiger partial charge in [-0.3, -0.25) is 14.1 Å². The van der Waals surface area contributed by atoms with Crippen LogP contribution in [0.5, 0.6) is 0 Å². The minimum absolute atomic E-state index is 0.218. The van der Waals surface area contributed by atoms with E-state index in [0.29, 0.717) is 16.3 Å². The van der Waals surface area contributed by atoms with E-state index in [1.54, 1.807) is 10.9 Å². The second-order valence-corrected chi connectivity index (χ2v) is 16.5. The first-order valence-corrected chi connectivity index (χ1v) is 17.7. The third kappa shape index (κ3) is 4.71. The summed E-state index contributed by atoms with van der Waals surface area (Å²) in [5.74, 6) is -0.345. The fourth-order valence-electron chi connectivity index (χ4n) is 5.13. The number of nitrogens with zero attached hydrogens (tertiary/aromatic N) is 2. The molecule has 0 saturated carbocycles. The minimum Gasteiger partial charge on any atom is -0.308 e. The Bertz CT molecular complexity index is 1770. The third-order valence-electron chi connectivity index (χ3n) is 7.19. The summed E-state index contributed by atoms with van der Waals surface area (Å²) in [6.45, 7) is 2.04. The van der Waals surface area contributed by atoms with Gasteiger partial charge in [0.15, 0.2) is 13.5 Å². The van der Waals surface area contributed by atoms with Gasteiger partial charge in [0.05, 0.1) is 5.69 Å². The van der Waals surface area contributed by atoms with Crippen LogP contribution in [0.1, 0.15) is 5.56 Å². The van der Waals surface area contributed by atoms with E-state index in [2.05, 4.69) is 0 Å². The van der Waals surface area contributed by atoms with Crippen LogP contribution in [0.3, 0.4) is 0 Å². The van der Waals surface area contributed by atoms with Crippen molar-refractivity contribution < 1.29 is 9.36 Å². The molecule has 7 heteroatoms. The summed E-state index contributed by atoms with van der Waals surface area (Å²) in [6.07, 6.45) is -1.26. The zero-order valence-electron chi connectivity index (χ0n) is 22.4. The molecule has 0 aromatic heterocycles. The maximum Gasteiger partial charge on any atom is 0.269 e. The summed E-state index contributed by atoms with van der Waals surface area (Å²) in [5.41, 5.74) is 2.61. The first-order valence-electron chi connectivity index (χ1n) is 13.3. The summed E-state index contributed by atoms with van der Waals surface area (Å²) in [7, 11) is -3.63. The van der Waals surface area contributed by atoms with E-state index in [4.69, 9.17) is 11.8 Å². The van der Waals surface area contributed by atoms with Crippen LogP contribution < -0.4 is 25.3 Å². The van der Waals surface area contributed by atoms with E-state index < -0.39 is 13.5 Å². The highest BCUT2D eigenvalue weighted by Gasteiger charge is 2.49. The molecule has 0 saturated heterocycles. The Morgan fingerprint density at radius 2 is 1.07 bits per heavy atom. The standard InChI is InChI=1S/C34H28N2O2P2S/c1-27-22-24-28(25-23-27)35-26-33(39(38,30-16-8-3-9-17-30)31-18-10-4-11-19-31)34(37)36(29-14-6-2-7-15-29)40(35,41)32-20-12-5-13-21-32/h2-26H,1H3. The van der Waals surface area contributed by atoms with Gasteiger partial charge in [-0.1, -0.05) is 127 Å². The lowest BCUT2D eigenvalue weighted by Gasteiger charge is -2.47. The van der Waals surface area contributed by atoms with Gasteiger partial charge in [-0.15, -0.1) is 0 Å². The average molecular weight is 591 g/mol. The van der Waals surface area contributed by atoms with Crippen molar-refractivity contribution >= 4 is 58.5 Å². The lowest BCUT2D eigenvalue weighted by Crippen LogP contribution is -2.44. The van der Waals surface area contributed by atoms with Crippen LogP contribution in [-0.2, 0) is 21.2 Å². The Hall–Kier alpha value is -4.01. The molecule has 0 aliphatic carbocycles. The van der Waals surface area contributed by atoms with E-state index in [-0.39, 0.29) is 11.2 Å². The molecule has 0 spiro atoms. The maximum atomic E-state index is 15.6. The average Bonchev–Trinajstić information content (AvgIpc) is 3.03. The predicted molar refractivity (Wildman–Crippen MR) is 176 cm³/mol. The van der Waals surface area contributed by atoms with Crippen molar-refractivity contribution in [3.05, 3.63) is 163 Å². The molecule has 4 nitrogen and oxygen atoms in total. The Labute approximate surface area is 246 Å². The van der Waals surface area contributed by atoms with Gasteiger partial charge >= 0.3 is 0 Å². The fourth-order valence-corrected chi connectivity index (χ4v) is 12.0. The number of aryl methyl sites for hydroxylation is 1. The minimum atomic E-state index is -3.63. The molecule has 0 bridgehead atoms. The van der Waals surface area contributed by atoms with Gasteiger partial charge in [-0.25, -0.2) is 0 Å². The number of benzene rings is 5. The summed E-state index contributed by atoms with van der Waals surface area (Å²) in [5, 5.41) is 2.27. The number of rotatable bonds is 6. The van der Waals surface area contributed by atoms with Crippen LogP contribution >= 0.6 is 13.5 Å². The molecule has 1 atom stereocenters. The molecule has 6 rings (SSSR count). The second-order valence-electron chi connectivity index (χ2n) is 9.81. The van der Waals surface area contributed by atoms with Crippen molar-refractivity contribution in [1.82, 2.24) is 0 Å². The van der Waals surface area contributed by atoms with Gasteiger partial charge < -0.3 is 4.57 Å². The maximum absolute atomic E-state index is 15.6. The summed E-state index contributed by atoms with van der Waals surface area (Å²) in [6, 6.07) is 46.0. The number of amides is 1. The molecule has 1 heterocycles. The molecule has 1 aliphatic heterocycles. The molecule has 1 amide bonds. The first kappa shape index (κ1) is 27.2. The molecule has 202 valence electrons. The van der Waals surface area contributed by atoms with Gasteiger partial charge in [0, 0.05) is 27.8 Å². The number of carbonyl (C=O) groups excluding carboxylic acids is 1. The van der Waals surface area contributed by atoms with Crippen LogP contribution in [0.25, 0.3) is 0 Å². The molecule has 41 heavy (non-hydrogen) atoms. The zero-order chi connectivity index (χ0) is 28.5. The quantitative estimate of drug-likeness (QED) is 0.194. The SMILES string of the molecule is Cc1ccc(N2C=C(P(=O)(c3ccccc3)c3ccccc3)C(=O)N(c3ccccc3)P2(=S)c2ccccc2)cc1. The van der Waals surface area contributed by atoms with Gasteiger partial charge in [0.25, 0.3) is 5.91 Å². The Morgan fingerprint density at radius 1 is 0.610 bits per heavy atom. The Kier molecular flexibility index (Phi) is 7.36. The monoisotopic (exact) mass is 590 g/mol. The lowest BCUT2D eigenvalue weighted by molar-refractivity contribution is -0.113. The van der Waals surface area contributed by atoms with E-state index in [1.165, 1.54) is 0 Å². The van der Waals surface area contributed by atoms with Crippen LogP contribution in [0, 0.1) is 6.92 Å². The van der Waals surface area contributed by atoms with E-state index >= 15 is 4.57 Å². The lowest BCUT2D eigenvalue weighted by atomic mass is 10.2. The van der Waals surface area contributed by atoms with Crippen LogP contribution in [0.2, 0.25) is 0 Å². The molecule has 1 unspecified atom stereocenters. The first-order chi connectivity index (χ1) is 19.9. The molecule has 0 radical (unpaired) electrons. The van der Waals surface area contributed by atoms with Gasteiger partial charge in [0.2, 0.25) is 0 Å². The van der Waals surface area contributed by atoms with Crippen molar-refractivity contribution in [1.29, 1.82) is 0 Å². The van der Waals surface area contributed by atoms with Crippen LogP contribution in [-0.4, -0.2) is 5.91 Å². The highest BCUT2D eigenvalue weighted by Crippen LogP contribution is 2.64. The second kappa shape index (κ2) is 11.1. The molecule has 0 fully saturated rings. The van der Waals surface area contributed by atoms with Crippen LogP contribution in [0.4, 0.5) is 11.4 Å². The number of hydrogen-bond acceptors (Lipinski definition) is 3. The largest absolute Gasteiger partial charge is 0.308 e. The van der Waals surface area contributed by atoms with Gasteiger partial charge in [-0.2, -0.15) is 0 Å². The Balaban J connectivity index is 1.71. The Morgan fingerprint density at radius 3 is 1.59 bits per heavy atom. The van der Waals surface area contributed by atoms with Gasteiger partial charge in [-0.05, 0) is 43.0 Å². The molecule has 5 aromatic carbocycles. The normalized spacial score (nSPS) is 17.3. The number of carbonyl (C=O) groups is 1. The van der Waals surface area contributed by atoms with E-state index in [0.717, 1.165) is 16.6 Å². The van der Waals surface area contributed by atoms with Crippen molar-refractivity contribution in [3.63, 3.8) is 0 Å². The number of anilines is 2. The number of para-hydroxylation sites is 1. The number of hydrogen-bond donors (Lipinski definition) is 0. The van der Waals surface area contributed by atoms with Crippen molar-refractivity contribution in [2.75, 3.05) is 9.34 Å². The van der Waals surface area contributed by atoms with Crippen molar-refractivity contribution in [3.8, 4) is 0 Å². The highest BCUT2D eigenvalue weighted by atomic mass is 32.4. The third-order valence-corrected chi connectivity index (χ3v) is 14.7. The summed E-state index contributed by atoms with van der Waals surface area (Å²) < 4.78 is 19.3. The van der Waals surface area contributed by atoms with Crippen molar-refractivity contribution in [2.24, 2.45) is 0 Å². The highest BCUT2D eigenvalue weighted by molar-refractivity contribution is 8.20.